The van der Waals surface area contributed by atoms with Crippen LogP contribution in [0.1, 0.15) is 37.6 Å². The summed E-state index contributed by atoms with van der Waals surface area (Å²) in [6.07, 6.45) is -0.130. The Morgan fingerprint density at radius 3 is 2.50 bits per heavy atom. The number of halogens is 1. The first-order valence-corrected chi connectivity index (χ1v) is 6.98. The van der Waals surface area contributed by atoms with Crippen molar-refractivity contribution in [1.29, 1.82) is 0 Å². The van der Waals surface area contributed by atoms with E-state index in [1.165, 1.54) is 0 Å². The normalized spacial score (nSPS) is 12.8. The maximum absolute atomic E-state index is 12.3. The predicted octanol–water partition coefficient (Wildman–Crippen LogP) is 2.65. The maximum atomic E-state index is 12.3. The summed E-state index contributed by atoms with van der Waals surface area (Å²) in [6, 6.07) is 4.45. The summed E-state index contributed by atoms with van der Waals surface area (Å²) in [5.74, 6) is -1.29. The van der Waals surface area contributed by atoms with E-state index < -0.39 is 12.0 Å². The lowest BCUT2D eigenvalue weighted by atomic mass is 9.84. The maximum Gasteiger partial charge on any atom is 0.305 e. The molecule has 0 aliphatic carbocycles. The number of nitrogens with two attached hydrogens (primary N) is 1. The molecule has 20 heavy (non-hydrogen) atoms. The molecule has 4 N–H and O–H groups in total. The third-order valence-corrected chi connectivity index (χ3v) is 3.66. The number of aliphatic carboxylic acids is 1. The quantitative estimate of drug-likeness (QED) is 0.733. The Morgan fingerprint density at radius 1 is 1.40 bits per heavy atom. The summed E-state index contributed by atoms with van der Waals surface area (Å²) in [5.41, 5.74) is 6.18. The lowest BCUT2D eigenvalue weighted by Gasteiger charge is -2.30. The number of hydrogen-bond acceptors (Lipinski definition) is 3. The van der Waals surface area contributed by atoms with Crippen LogP contribution >= 0.6 is 15.9 Å². The highest BCUT2D eigenvalue weighted by Gasteiger charge is 2.29. The molecular formula is C14H19BrN2O3. The molecule has 0 bridgehead atoms. The minimum absolute atomic E-state index is 0.130. The highest BCUT2D eigenvalue weighted by molar-refractivity contribution is 9.10. The molecule has 0 heterocycles. The number of nitrogen functional groups attached to an aromatic ring is 1. The summed E-state index contributed by atoms with van der Waals surface area (Å²) < 4.78 is 0.618. The Hall–Kier alpha value is -1.56. The lowest BCUT2D eigenvalue weighted by Crippen LogP contribution is -2.45. The van der Waals surface area contributed by atoms with E-state index >= 15 is 0 Å². The van der Waals surface area contributed by atoms with Gasteiger partial charge in [0.2, 0.25) is 0 Å². The van der Waals surface area contributed by atoms with E-state index in [0.29, 0.717) is 15.7 Å². The number of carboxylic acids is 1. The molecule has 1 amide bonds. The van der Waals surface area contributed by atoms with E-state index in [-0.39, 0.29) is 17.7 Å². The lowest BCUT2D eigenvalue weighted by molar-refractivity contribution is -0.138. The first kappa shape index (κ1) is 16.5. The molecule has 0 fully saturated rings. The fraction of sp³-hybridized carbons (Fsp3) is 0.429. The number of hydrogen-bond donors (Lipinski definition) is 3. The van der Waals surface area contributed by atoms with Crippen molar-refractivity contribution in [2.24, 2.45) is 5.41 Å². The molecule has 1 atom stereocenters. The first-order valence-electron chi connectivity index (χ1n) is 6.19. The second-order valence-electron chi connectivity index (χ2n) is 5.73. The third-order valence-electron chi connectivity index (χ3n) is 2.96. The van der Waals surface area contributed by atoms with Crippen molar-refractivity contribution in [2.45, 2.75) is 33.2 Å². The Balaban J connectivity index is 2.96. The van der Waals surface area contributed by atoms with E-state index in [1.54, 1.807) is 18.2 Å². The topological polar surface area (TPSA) is 92.4 Å². The van der Waals surface area contributed by atoms with Gasteiger partial charge in [0.05, 0.1) is 12.0 Å². The van der Waals surface area contributed by atoms with Gasteiger partial charge in [-0.05, 0) is 39.5 Å². The molecule has 0 aliphatic heterocycles. The number of carbonyl (C=O) groups is 2. The molecule has 0 aromatic heterocycles. The smallest absolute Gasteiger partial charge is 0.305 e. The van der Waals surface area contributed by atoms with E-state index in [9.17, 15) is 9.59 Å². The van der Waals surface area contributed by atoms with Crippen LogP contribution in [0.2, 0.25) is 0 Å². The molecule has 1 aromatic carbocycles. The molecule has 6 heteroatoms. The highest BCUT2D eigenvalue weighted by atomic mass is 79.9. The van der Waals surface area contributed by atoms with Gasteiger partial charge < -0.3 is 16.2 Å². The predicted molar refractivity (Wildman–Crippen MR) is 81.5 cm³/mol. The second-order valence-corrected chi connectivity index (χ2v) is 6.58. The summed E-state index contributed by atoms with van der Waals surface area (Å²) in [5, 5.41) is 11.7. The molecule has 0 saturated heterocycles. The van der Waals surface area contributed by atoms with Crippen LogP contribution in [-0.2, 0) is 4.79 Å². The molecule has 1 aromatic rings. The van der Waals surface area contributed by atoms with Gasteiger partial charge in [-0.2, -0.15) is 0 Å². The van der Waals surface area contributed by atoms with E-state index in [0.717, 1.165) is 0 Å². The van der Waals surface area contributed by atoms with Gasteiger partial charge >= 0.3 is 5.97 Å². The molecule has 5 nitrogen and oxygen atoms in total. The van der Waals surface area contributed by atoms with Gasteiger partial charge in [0.25, 0.3) is 5.91 Å². The molecule has 1 unspecified atom stereocenters. The van der Waals surface area contributed by atoms with Gasteiger partial charge in [0, 0.05) is 16.2 Å². The van der Waals surface area contributed by atoms with Crippen LogP contribution in [0.15, 0.2) is 22.7 Å². The fourth-order valence-electron chi connectivity index (χ4n) is 1.70. The van der Waals surface area contributed by atoms with Gasteiger partial charge in [0.15, 0.2) is 0 Å². The van der Waals surface area contributed by atoms with Crippen molar-refractivity contribution in [1.82, 2.24) is 5.32 Å². The van der Waals surface area contributed by atoms with Crippen LogP contribution in [-0.4, -0.2) is 23.0 Å². The van der Waals surface area contributed by atoms with Crippen LogP contribution < -0.4 is 11.1 Å². The molecule has 0 spiro atoms. The fourth-order valence-corrected chi connectivity index (χ4v) is 2.13. The minimum Gasteiger partial charge on any atom is -0.481 e. The number of anilines is 1. The van der Waals surface area contributed by atoms with E-state index in [2.05, 4.69) is 21.2 Å². The number of nitrogens with one attached hydrogen (secondary N) is 1. The van der Waals surface area contributed by atoms with Gasteiger partial charge in [-0.15, -0.1) is 0 Å². The van der Waals surface area contributed by atoms with E-state index in [1.807, 2.05) is 20.8 Å². The molecule has 1 rings (SSSR count). The summed E-state index contributed by atoms with van der Waals surface area (Å²) in [6.45, 7) is 5.65. The van der Waals surface area contributed by atoms with Crippen molar-refractivity contribution >= 4 is 33.5 Å². The highest BCUT2D eigenvalue weighted by Crippen LogP contribution is 2.24. The average Bonchev–Trinajstić information content (AvgIpc) is 2.29. The standard InChI is InChI=1S/C14H19BrN2O3/c1-14(2,3)11(7-12(18)19)17-13(20)9-6-8(16)4-5-10(9)15/h4-6,11H,7,16H2,1-3H3,(H,17,20)(H,18,19). The largest absolute Gasteiger partial charge is 0.481 e. The van der Waals surface area contributed by atoms with Crippen LogP contribution in [0.5, 0.6) is 0 Å². The van der Waals surface area contributed by atoms with Crippen molar-refractivity contribution in [3.63, 3.8) is 0 Å². The Bertz CT molecular complexity index is 524. The zero-order valence-corrected chi connectivity index (χ0v) is 13.3. The molecule has 110 valence electrons. The summed E-state index contributed by atoms with van der Waals surface area (Å²) >= 11 is 3.29. The van der Waals surface area contributed by atoms with Crippen LogP contribution in [0.25, 0.3) is 0 Å². The zero-order chi connectivity index (χ0) is 15.5. The number of rotatable bonds is 4. The Kier molecular flexibility index (Phi) is 5.16. The van der Waals surface area contributed by atoms with Gasteiger partial charge in [-0.3, -0.25) is 9.59 Å². The first-order chi connectivity index (χ1) is 9.11. The minimum atomic E-state index is -0.947. The van der Waals surface area contributed by atoms with Crippen molar-refractivity contribution < 1.29 is 14.7 Å². The van der Waals surface area contributed by atoms with Crippen LogP contribution in [0.3, 0.4) is 0 Å². The van der Waals surface area contributed by atoms with Gasteiger partial charge in [-0.25, -0.2) is 0 Å². The Morgan fingerprint density at radius 2 is 2.00 bits per heavy atom. The Labute approximate surface area is 126 Å². The van der Waals surface area contributed by atoms with Gasteiger partial charge in [-0.1, -0.05) is 20.8 Å². The van der Waals surface area contributed by atoms with Crippen LogP contribution in [0, 0.1) is 5.41 Å². The van der Waals surface area contributed by atoms with Crippen molar-refractivity contribution in [3.05, 3.63) is 28.2 Å². The zero-order valence-electron chi connectivity index (χ0n) is 11.7. The molecule has 0 aliphatic rings. The van der Waals surface area contributed by atoms with Gasteiger partial charge in [0.1, 0.15) is 0 Å². The molecule has 0 saturated carbocycles. The average molecular weight is 343 g/mol. The van der Waals surface area contributed by atoms with Crippen LogP contribution in [0.4, 0.5) is 5.69 Å². The summed E-state index contributed by atoms with van der Waals surface area (Å²) in [4.78, 5) is 23.2. The second kappa shape index (κ2) is 6.26. The molecule has 0 radical (unpaired) electrons. The number of amides is 1. The number of carboxylic acid groups (broad SMARTS) is 1. The number of benzene rings is 1. The van der Waals surface area contributed by atoms with Crippen molar-refractivity contribution in [3.8, 4) is 0 Å². The SMILES string of the molecule is CC(C)(C)C(CC(=O)O)NC(=O)c1cc(N)ccc1Br. The number of carbonyl (C=O) groups excluding carboxylic acids is 1. The van der Waals surface area contributed by atoms with E-state index in [4.69, 9.17) is 10.8 Å². The van der Waals surface area contributed by atoms with Crippen molar-refractivity contribution in [2.75, 3.05) is 5.73 Å². The molecular weight excluding hydrogens is 324 g/mol. The summed E-state index contributed by atoms with van der Waals surface area (Å²) in [7, 11) is 0. The third kappa shape index (κ3) is 4.52. The monoisotopic (exact) mass is 342 g/mol.